The lowest BCUT2D eigenvalue weighted by molar-refractivity contribution is -0.115. The Morgan fingerprint density at radius 3 is 2.60 bits per heavy atom. The van der Waals surface area contributed by atoms with Gasteiger partial charge in [0.1, 0.15) is 5.75 Å². The van der Waals surface area contributed by atoms with Crippen LogP contribution in [-0.2, 0) is 20.4 Å². The van der Waals surface area contributed by atoms with Gasteiger partial charge in [-0.05, 0) is 11.6 Å². The normalized spacial score (nSPS) is 19.5. The van der Waals surface area contributed by atoms with Gasteiger partial charge in [-0.25, -0.2) is 8.42 Å². The number of carbonyl (C=O) groups is 1. The van der Waals surface area contributed by atoms with Gasteiger partial charge in [0.05, 0.1) is 5.75 Å². The lowest BCUT2D eigenvalue weighted by Crippen LogP contribution is -2.30. The van der Waals surface area contributed by atoms with Crippen LogP contribution in [0.15, 0.2) is 24.3 Å². The highest BCUT2D eigenvalue weighted by atomic mass is 32.2. The monoisotopic (exact) mass is 225 g/mol. The fourth-order valence-electron chi connectivity index (χ4n) is 1.67. The van der Waals surface area contributed by atoms with Gasteiger partial charge in [0.25, 0.3) is 0 Å². The number of nitrogens with zero attached hydrogens (tertiary/aromatic N) is 1. The molecule has 0 saturated heterocycles. The maximum absolute atomic E-state index is 11.5. The zero-order chi connectivity index (χ0) is 11.1. The van der Waals surface area contributed by atoms with E-state index in [4.69, 9.17) is 0 Å². The largest absolute Gasteiger partial charge is 0.314 e. The van der Waals surface area contributed by atoms with E-state index in [0.717, 1.165) is 0 Å². The Balaban J connectivity index is 2.60. The predicted octanol–water partition coefficient (Wildman–Crippen LogP) is 0.578. The summed E-state index contributed by atoms with van der Waals surface area (Å²) in [6.07, 6.45) is 0. The van der Waals surface area contributed by atoms with Crippen LogP contribution in [-0.4, -0.2) is 27.1 Å². The number of fused-ring (bicyclic) bond motifs is 1. The molecule has 0 aromatic heterocycles. The fourth-order valence-corrected chi connectivity index (χ4v) is 3.06. The number of sulfone groups is 1. The molecule has 0 aliphatic carbocycles. The first-order valence-electron chi connectivity index (χ1n) is 4.54. The molecular weight excluding hydrogens is 214 g/mol. The molecule has 1 aromatic rings. The molecule has 1 heterocycles. The Labute approximate surface area is 88.4 Å². The van der Waals surface area contributed by atoms with Crippen molar-refractivity contribution in [3.05, 3.63) is 29.8 Å². The predicted molar refractivity (Wildman–Crippen MR) is 57.3 cm³/mol. The van der Waals surface area contributed by atoms with Crippen LogP contribution in [0.2, 0.25) is 0 Å². The molecule has 1 aliphatic heterocycles. The van der Waals surface area contributed by atoms with Crippen LogP contribution in [0.4, 0.5) is 5.69 Å². The van der Waals surface area contributed by atoms with Crippen molar-refractivity contribution in [2.75, 3.05) is 17.7 Å². The second-order valence-electron chi connectivity index (χ2n) is 3.61. The average molecular weight is 225 g/mol. The van der Waals surface area contributed by atoms with Gasteiger partial charge in [-0.3, -0.25) is 4.79 Å². The number of anilines is 1. The van der Waals surface area contributed by atoms with E-state index in [1.165, 1.54) is 4.90 Å². The molecule has 1 aromatic carbocycles. The Kier molecular flexibility index (Phi) is 2.26. The van der Waals surface area contributed by atoms with Gasteiger partial charge in [-0.2, -0.15) is 0 Å². The molecule has 0 radical (unpaired) electrons. The van der Waals surface area contributed by atoms with Gasteiger partial charge >= 0.3 is 0 Å². The SMILES string of the molecule is CN1C(=O)CS(=O)(=O)Cc2ccccc21. The van der Waals surface area contributed by atoms with E-state index in [1.807, 2.05) is 0 Å². The van der Waals surface area contributed by atoms with Crippen LogP contribution in [0.3, 0.4) is 0 Å². The summed E-state index contributed by atoms with van der Waals surface area (Å²) in [5, 5.41) is 0. The van der Waals surface area contributed by atoms with Crippen LogP contribution in [0.1, 0.15) is 5.56 Å². The van der Waals surface area contributed by atoms with Crippen molar-refractivity contribution in [3.63, 3.8) is 0 Å². The fraction of sp³-hybridized carbons (Fsp3) is 0.300. The van der Waals surface area contributed by atoms with E-state index >= 15 is 0 Å². The molecule has 15 heavy (non-hydrogen) atoms. The van der Waals surface area contributed by atoms with Crippen LogP contribution < -0.4 is 4.90 Å². The molecule has 5 heteroatoms. The van der Waals surface area contributed by atoms with E-state index in [9.17, 15) is 13.2 Å². The highest BCUT2D eigenvalue weighted by molar-refractivity contribution is 7.91. The molecule has 0 N–H and O–H groups in total. The number of para-hydroxylation sites is 1. The first kappa shape index (κ1) is 10.2. The maximum atomic E-state index is 11.5. The summed E-state index contributed by atoms with van der Waals surface area (Å²) in [5.41, 5.74) is 1.37. The van der Waals surface area contributed by atoms with Crippen LogP contribution in [0, 0.1) is 0 Å². The Morgan fingerprint density at radius 2 is 1.87 bits per heavy atom. The standard InChI is InChI=1S/C10H11NO3S/c1-11-9-5-3-2-4-8(9)6-15(13,14)7-10(11)12/h2-5H,6-7H2,1H3. The maximum Gasteiger partial charge on any atom is 0.241 e. The van der Waals surface area contributed by atoms with E-state index in [0.29, 0.717) is 11.3 Å². The molecule has 0 bridgehead atoms. The summed E-state index contributed by atoms with van der Waals surface area (Å²) < 4.78 is 23.1. The van der Waals surface area contributed by atoms with Crippen LogP contribution in [0.25, 0.3) is 0 Å². The molecule has 0 fully saturated rings. The molecule has 2 rings (SSSR count). The van der Waals surface area contributed by atoms with Crippen molar-refractivity contribution < 1.29 is 13.2 Å². The Bertz CT molecular complexity index is 507. The zero-order valence-corrected chi connectivity index (χ0v) is 9.12. The Morgan fingerprint density at radius 1 is 1.20 bits per heavy atom. The van der Waals surface area contributed by atoms with E-state index in [2.05, 4.69) is 0 Å². The number of rotatable bonds is 0. The molecule has 0 unspecified atom stereocenters. The molecule has 80 valence electrons. The van der Waals surface area contributed by atoms with Gasteiger partial charge in [0, 0.05) is 12.7 Å². The van der Waals surface area contributed by atoms with Crippen molar-refractivity contribution in [2.45, 2.75) is 5.75 Å². The average Bonchev–Trinajstić information content (AvgIpc) is 2.23. The summed E-state index contributed by atoms with van der Waals surface area (Å²) in [6.45, 7) is 0. The van der Waals surface area contributed by atoms with Gasteiger partial charge in [0.2, 0.25) is 5.91 Å². The molecule has 0 saturated carbocycles. The molecular formula is C10H11NO3S. The molecule has 1 amide bonds. The lowest BCUT2D eigenvalue weighted by Gasteiger charge is -2.15. The van der Waals surface area contributed by atoms with Crippen LogP contribution in [0.5, 0.6) is 0 Å². The quantitative estimate of drug-likeness (QED) is 0.649. The van der Waals surface area contributed by atoms with Crippen molar-refractivity contribution >= 4 is 21.4 Å². The summed E-state index contributed by atoms with van der Waals surface area (Å²) in [4.78, 5) is 12.9. The summed E-state index contributed by atoms with van der Waals surface area (Å²) in [6, 6.07) is 7.06. The van der Waals surface area contributed by atoms with E-state index < -0.39 is 15.6 Å². The number of hydrogen-bond donors (Lipinski definition) is 0. The Hall–Kier alpha value is -1.36. The smallest absolute Gasteiger partial charge is 0.241 e. The zero-order valence-electron chi connectivity index (χ0n) is 8.30. The first-order chi connectivity index (χ1) is 6.99. The molecule has 0 spiro atoms. The van der Waals surface area contributed by atoms with Crippen molar-refractivity contribution in [1.82, 2.24) is 0 Å². The lowest BCUT2D eigenvalue weighted by atomic mass is 10.2. The van der Waals surface area contributed by atoms with Crippen molar-refractivity contribution in [3.8, 4) is 0 Å². The highest BCUT2D eigenvalue weighted by Crippen LogP contribution is 2.25. The van der Waals surface area contributed by atoms with Crippen molar-refractivity contribution in [1.29, 1.82) is 0 Å². The third-order valence-corrected chi connectivity index (χ3v) is 3.88. The van der Waals surface area contributed by atoms with E-state index in [-0.39, 0.29) is 11.7 Å². The third kappa shape index (κ3) is 1.87. The van der Waals surface area contributed by atoms with Gasteiger partial charge in [0.15, 0.2) is 9.84 Å². The topological polar surface area (TPSA) is 54.5 Å². The first-order valence-corrected chi connectivity index (χ1v) is 6.37. The van der Waals surface area contributed by atoms with Crippen LogP contribution >= 0.6 is 0 Å². The highest BCUT2D eigenvalue weighted by Gasteiger charge is 2.27. The molecule has 4 nitrogen and oxygen atoms in total. The number of carbonyl (C=O) groups excluding carboxylic acids is 1. The van der Waals surface area contributed by atoms with Crippen molar-refractivity contribution in [2.24, 2.45) is 0 Å². The van der Waals surface area contributed by atoms with E-state index in [1.54, 1.807) is 31.3 Å². The second kappa shape index (κ2) is 3.34. The molecule has 1 aliphatic rings. The molecule has 0 atom stereocenters. The number of hydrogen-bond acceptors (Lipinski definition) is 3. The third-order valence-electron chi connectivity index (χ3n) is 2.45. The minimum absolute atomic E-state index is 0.0563. The minimum Gasteiger partial charge on any atom is -0.314 e. The second-order valence-corrected chi connectivity index (χ2v) is 5.68. The summed E-state index contributed by atoms with van der Waals surface area (Å²) >= 11 is 0. The number of benzene rings is 1. The minimum atomic E-state index is -3.31. The summed E-state index contributed by atoms with van der Waals surface area (Å²) in [7, 11) is -1.71. The summed E-state index contributed by atoms with van der Waals surface area (Å²) in [5.74, 6) is -0.836. The number of amides is 1. The van der Waals surface area contributed by atoms with Gasteiger partial charge in [-0.15, -0.1) is 0 Å². The van der Waals surface area contributed by atoms with Gasteiger partial charge < -0.3 is 4.90 Å². The van der Waals surface area contributed by atoms with Gasteiger partial charge in [-0.1, -0.05) is 18.2 Å².